The van der Waals surface area contributed by atoms with Gasteiger partial charge in [0.2, 0.25) is 0 Å². The highest BCUT2D eigenvalue weighted by molar-refractivity contribution is 6.00. The maximum atomic E-state index is 11.8. The molecule has 0 bridgehead atoms. The molecule has 0 fully saturated rings. The Hall–Kier alpha value is -1.57. The molecule has 2 heteroatoms. The van der Waals surface area contributed by atoms with Gasteiger partial charge in [-0.15, -0.1) is 0 Å². The first-order valence-corrected chi connectivity index (χ1v) is 5.37. The third-order valence-electron chi connectivity index (χ3n) is 3.12. The van der Waals surface area contributed by atoms with E-state index in [1.54, 1.807) is 0 Å². The number of carbonyl (C=O) groups excluding carboxylic acids is 1. The summed E-state index contributed by atoms with van der Waals surface area (Å²) in [5.41, 5.74) is 2.07. The lowest BCUT2D eigenvalue weighted by molar-refractivity contribution is 0.0930. The first-order valence-electron chi connectivity index (χ1n) is 5.37. The molecule has 0 N–H and O–H groups in total. The van der Waals surface area contributed by atoms with Crippen LogP contribution in [0.3, 0.4) is 0 Å². The number of benzene rings is 1. The van der Waals surface area contributed by atoms with Crippen molar-refractivity contribution in [2.45, 2.75) is 19.9 Å². The minimum Gasteiger partial charge on any atom is -0.338 e. The van der Waals surface area contributed by atoms with Crippen molar-refractivity contribution >= 4 is 16.7 Å². The second-order valence-corrected chi connectivity index (χ2v) is 4.43. The van der Waals surface area contributed by atoms with Crippen molar-refractivity contribution in [3.63, 3.8) is 0 Å². The summed E-state index contributed by atoms with van der Waals surface area (Å²) >= 11 is 0. The average Bonchev–Trinajstić information content (AvgIpc) is 2.57. The Kier molecular flexibility index (Phi) is 1.72. The van der Waals surface area contributed by atoms with Crippen LogP contribution in [0.1, 0.15) is 23.8 Å². The van der Waals surface area contributed by atoms with Gasteiger partial charge in [0.15, 0.2) is 5.78 Å². The van der Waals surface area contributed by atoms with Crippen LogP contribution in [0.5, 0.6) is 0 Å². The van der Waals surface area contributed by atoms with Crippen molar-refractivity contribution < 1.29 is 4.79 Å². The minimum atomic E-state index is 0.282. The lowest BCUT2D eigenvalue weighted by Gasteiger charge is -2.20. The molecule has 1 aliphatic rings. The first kappa shape index (κ1) is 8.72. The van der Waals surface area contributed by atoms with Gasteiger partial charge in [0, 0.05) is 23.9 Å². The summed E-state index contributed by atoms with van der Waals surface area (Å²) in [6.45, 7) is 3.10. The van der Waals surface area contributed by atoms with E-state index in [1.807, 2.05) is 18.2 Å². The molecule has 0 saturated carbocycles. The molecule has 2 heterocycles. The van der Waals surface area contributed by atoms with Crippen molar-refractivity contribution in [3.05, 3.63) is 36.0 Å². The lowest BCUT2D eigenvalue weighted by atomic mass is 9.99. The lowest BCUT2D eigenvalue weighted by Crippen LogP contribution is -2.22. The zero-order valence-electron chi connectivity index (χ0n) is 8.73. The fourth-order valence-corrected chi connectivity index (χ4v) is 2.44. The quantitative estimate of drug-likeness (QED) is 0.639. The van der Waals surface area contributed by atoms with Gasteiger partial charge in [-0.25, -0.2) is 0 Å². The SMILES string of the molecule is C[C@H]1CC(=O)c2cc3ccccc3n2C1. The van der Waals surface area contributed by atoms with Crippen LogP contribution in [-0.2, 0) is 6.54 Å². The van der Waals surface area contributed by atoms with Gasteiger partial charge in [-0.2, -0.15) is 0 Å². The van der Waals surface area contributed by atoms with Crippen molar-refractivity contribution in [2.75, 3.05) is 0 Å². The number of hydrogen-bond donors (Lipinski definition) is 0. The molecule has 15 heavy (non-hydrogen) atoms. The van der Waals surface area contributed by atoms with Crippen LogP contribution >= 0.6 is 0 Å². The van der Waals surface area contributed by atoms with Gasteiger partial charge in [0.1, 0.15) is 0 Å². The highest BCUT2D eigenvalue weighted by atomic mass is 16.1. The molecule has 1 atom stereocenters. The van der Waals surface area contributed by atoms with Crippen molar-refractivity contribution in [3.8, 4) is 0 Å². The zero-order valence-corrected chi connectivity index (χ0v) is 8.73. The molecule has 3 rings (SSSR count). The highest BCUT2D eigenvalue weighted by Gasteiger charge is 2.23. The van der Waals surface area contributed by atoms with Crippen LogP contribution in [0.15, 0.2) is 30.3 Å². The van der Waals surface area contributed by atoms with Crippen molar-refractivity contribution in [2.24, 2.45) is 5.92 Å². The molecule has 76 valence electrons. The number of nitrogens with zero attached hydrogens (tertiary/aromatic N) is 1. The number of hydrogen-bond acceptors (Lipinski definition) is 1. The Morgan fingerprint density at radius 2 is 2.13 bits per heavy atom. The molecule has 2 nitrogen and oxygen atoms in total. The van der Waals surface area contributed by atoms with Crippen LogP contribution < -0.4 is 0 Å². The van der Waals surface area contributed by atoms with E-state index in [9.17, 15) is 4.79 Å². The summed E-state index contributed by atoms with van der Waals surface area (Å²) < 4.78 is 2.16. The molecule has 0 aliphatic carbocycles. The molecule has 2 aromatic rings. The van der Waals surface area contributed by atoms with E-state index in [2.05, 4.69) is 23.6 Å². The van der Waals surface area contributed by atoms with Crippen molar-refractivity contribution in [1.29, 1.82) is 0 Å². The number of ketones is 1. The fourth-order valence-electron chi connectivity index (χ4n) is 2.44. The number of Topliss-reactive ketones (excluding diaryl/α,β-unsaturated/α-hetero) is 1. The molecule has 1 aromatic carbocycles. The molecule has 0 unspecified atom stereocenters. The third-order valence-corrected chi connectivity index (χ3v) is 3.12. The van der Waals surface area contributed by atoms with Gasteiger partial charge in [-0.05, 0) is 18.1 Å². The standard InChI is InChI=1S/C13H13NO/c1-9-6-13(15)12-7-10-4-2-3-5-11(10)14(12)8-9/h2-5,7,9H,6,8H2,1H3/t9-/m0/s1. The van der Waals surface area contributed by atoms with Gasteiger partial charge in [-0.3, -0.25) is 4.79 Å². The maximum Gasteiger partial charge on any atom is 0.179 e. The summed E-state index contributed by atoms with van der Waals surface area (Å²) in [6, 6.07) is 10.2. The molecule has 0 saturated heterocycles. The Balaban J connectivity index is 2.32. The number of aromatic nitrogens is 1. The van der Waals surface area contributed by atoms with Crippen LogP contribution in [0.4, 0.5) is 0 Å². The summed E-state index contributed by atoms with van der Waals surface area (Å²) in [6.07, 6.45) is 0.691. The van der Waals surface area contributed by atoms with E-state index >= 15 is 0 Å². The number of carbonyl (C=O) groups is 1. The van der Waals surface area contributed by atoms with Gasteiger partial charge in [0.05, 0.1) is 5.69 Å². The fraction of sp³-hybridized carbons (Fsp3) is 0.308. The summed E-state index contributed by atoms with van der Waals surface area (Å²) in [7, 11) is 0. The normalized spacial score (nSPS) is 20.6. The van der Waals surface area contributed by atoms with Gasteiger partial charge in [0.25, 0.3) is 0 Å². The maximum absolute atomic E-state index is 11.8. The van der Waals surface area contributed by atoms with Gasteiger partial charge < -0.3 is 4.57 Å². The largest absolute Gasteiger partial charge is 0.338 e. The predicted molar refractivity (Wildman–Crippen MR) is 60.0 cm³/mol. The van der Waals surface area contributed by atoms with Crippen LogP contribution in [0.2, 0.25) is 0 Å². The first-order chi connectivity index (χ1) is 7.25. The number of para-hydroxylation sites is 1. The van der Waals surface area contributed by atoms with E-state index in [-0.39, 0.29) is 5.78 Å². The molecule has 0 radical (unpaired) electrons. The van der Waals surface area contributed by atoms with E-state index in [0.717, 1.165) is 12.2 Å². The highest BCUT2D eigenvalue weighted by Crippen LogP contribution is 2.27. The zero-order chi connectivity index (χ0) is 10.4. The summed E-state index contributed by atoms with van der Waals surface area (Å²) in [5.74, 6) is 0.741. The molecule has 0 spiro atoms. The topological polar surface area (TPSA) is 22.0 Å². The van der Waals surface area contributed by atoms with Crippen LogP contribution in [0.25, 0.3) is 10.9 Å². The Labute approximate surface area is 88.5 Å². The molecular formula is C13H13NO. The van der Waals surface area contributed by atoms with Crippen LogP contribution in [-0.4, -0.2) is 10.4 Å². The van der Waals surface area contributed by atoms with Crippen LogP contribution in [0, 0.1) is 5.92 Å². The Morgan fingerprint density at radius 3 is 3.00 bits per heavy atom. The second-order valence-electron chi connectivity index (χ2n) is 4.43. The monoisotopic (exact) mass is 199 g/mol. The third kappa shape index (κ3) is 1.21. The van der Waals surface area contributed by atoms with E-state index < -0.39 is 0 Å². The summed E-state index contributed by atoms with van der Waals surface area (Å²) in [4.78, 5) is 11.8. The van der Waals surface area contributed by atoms with Gasteiger partial charge >= 0.3 is 0 Å². The van der Waals surface area contributed by atoms with E-state index in [4.69, 9.17) is 0 Å². The molecule has 1 aromatic heterocycles. The van der Waals surface area contributed by atoms with Crippen molar-refractivity contribution in [1.82, 2.24) is 4.57 Å². The molecule has 1 aliphatic heterocycles. The summed E-state index contributed by atoms with van der Waals surface area (Å²) in [5, 5.41) is 1.18. The smallest absolute Gasteiger partial charge is 0.179 e. The number of fused-ring (bicyclic) bond motifs is 3. The molecular weight excluding hydrogens is 186 g/mol. The Morgan fingerprint density at radius 1 is 1.33 bits per heavy atom. The Bertz CT molecular complexity index is 538. The van der Waals surface area contributed by atoms with E-state index in [0.29, 0.717) is 12.3 Å². The molecule has 0 amide bonds. The number of rotatable bonds is 0. The minimum absolute atomic E-state index is 0.282. The van der Waals surface area contributed by atoms with E-state index in [1.165, 1.54) is 10.9 Å². The van der Waals surface area contributed by atoms with Gasteiger partial charge in [-0.1, -0.05) is 25.1 Å². The average molecular weight is 199 g/mol. The predicted octanol–water partition coefficient (Wildman–Crippen LogP) is 2.86. The second kappa shape index (κ2) is 2.96.